The van der Waals surface area contributed by atoms with Crippen LogP contribution in [0.2, 0.25) is 5.02 Å². The molecule has 0 bridgehead atoms. The zero-order valence-electron chi connectivity index (χ0n) is 21.4. The number of halogens is 1. The monoisotopic (exact) mass is 567 g/mol. The molecule has 0 saturated carbocycles. The van der Waals surface area contributed by atoms with Crippen molar-refractivity contribution in [2.75, 3.05) is 11.9 Å². The van der Waals surface area contributed by atoms with E-state index in [0.717, 1.165) is 55.7 Å². The van der Waals surface area contributed by atoms with Crippen LogP contribution in [0.4, 0.5) is 5.00 Å². The molecule has 2 heterocycles. The van der Waals surface area contributed by atoms with Crippen molar-refractivity contribution in [1.82, 2.24) is 4.98 Å². The van der Waals surface area contributed by atoms with Crippen LogP contribution < -0.4 is 10.1 Å². The molecule has 0 fully saturated rings. The van der Waals surface area contributed by atoms with E-state index in [1.807, 2.05) is 43.3 Å². The quantitative estimate of drug-likeness (QED) is 0.178. The first-order valence-electron chi connectivity index (χ1n) is 12.5. The average Bonchev–Trinajstić information content (AvgIpc) is 3.42. The van der Waals surface area contributed by atoms with E-state index >= 15 is 0 Å². The molecule has 4 nitrogen and oxygen atoms in total. The molecule has 0 radical (unpaired) electrons. The Hall–Kier alpha value is -2.24. The topological polar surface area (TPSA) is 57.9 Å². The second-order valence-corrected chi connectivity index (χ2v) is 14.3. The molecule has 192 valence electrons. The average molecular weight is 568 g/mol. The number of benzene rings is 2. The third-order valence-electron chi connectivity index (χ3n) is 6.91. The number of hydrogen-bond donors (Lipinski definition) is 1. The number of thiophene rings is 1. The molecule has 2 aromatic heterocycles. The Labute approximate surface area is 236 Å². The first-order valence-corrected chi connectivity index (χ1v) is 15.4. The van der Waals surface area contributed by atoms with Gasteiger partial charge in [0.25, 0.3) is 0 Å². The molecule has 8 heteroatoms. The van der Waals surface area contributed by atoms with Crippen molar-refractivity contribution < 1.29 is 4.74 Å². The number of ether oxygens (including phenoxy) is 1. The van der Waals surface area contributed by atoms with Gasteiger partial charge in [-0.3, -0.25) is 0 Å². The normalized spacial score (nSPS) is 16.3. The van der Waals surface area contributed by atoms with Gasteiger partial charge in [-0.05, 0) is 79.0 Å². The molecule has 4 aromatic rings. The fraction of sp³-hybridized carbons (Fsp3) is 0.379. The van der Waals surface area contributed by atoms with Crippen LogP contribution in [0.3, 0.4) is 0 Å². The van der Waals surface area contributed by atoms with Crippen molar-refractivity contribution in [3.8, 4) is 11.8 Å². The van der Waals surface area contributed by atoms with Gasteiger partial charge in [0, 0.05) is 9.90 Å². The van der Waals surface area contributed by atoms with E-state index in [1.54, 1.807) is 34.4 Å². The summed E-state index contributed by atoms with van der Waals surface area (Å²) < 4.78 is 7.74. The lowest BCUT2D eigenvalue weighted by Gasteiger charge is -2.33. The van der Waals surface area contributed by atoms with Crippen molar-refractivity contribution >= 4 is 61.3 Å². The van der Waals surface area contributed by atoms with Gasteiger partial charge in [-0.25, -0.2) is 4.98 Å². The van der Waals surface area contributed by atoms with Crippen LogP contribution in [-0.2, 0) is 12.8 Å². The zero-order chi connectivity index (χ0) is 26.2. The number of anilines is 1. The summed E-state index contributed by atoms with van der Waals surface area (Å²) in [7, 11) is 0. The fourth-order valence-electron chi connectivity index (χ4n) is 4.77. The highest BCUT2D eigenvalue weighted by Gasteiger charge is 2.32. The van der Waals surface area contributed by atoms with E-state index in [0.29, 0.717) is 17.5 Å². The molecule has 0 unspecified atom stereocenters. The lowest BCUT2D eigenvalue weighted by Crippen LogP contribution is -2.26. The molecule has 1 N–H and O–H groups in total. The predicted octanol–water partition coefficient (Wildman–Crippen LogP) is 9.34. The number of nitrogens with one attached hydrogen (secondary N) is 1. The lowest BCUT2D eigenvalue weighted by molar-refractivity contribution is 0.218. The predicted molar refractivity (Wildman–Crippen MR) is 158 cm³/mol. The van der Waals surface area contributed by atoms with Crippen LogP contribution in [0, 0.1) is 22.7 Å². The van der Waals surface area contributed by atoms with Crippen molar-refractivity contribution in [3.05, 3.63) is 69.1 Å². The van der Waals surface area contributed by atoms with Gasteiger partial charge in [-0.1, -0.05) is 56.3 Å². The molecule has 0 aliphatic heterocycles. The number of nitriles is 1. The molecular weight excluding hydrogens is 538 g/mol. The minimum Gasteiger partial charge on any atom is -0.494 e. The molecule has 0 amide bonds. The van der Waals surface area contributed by atoms with Crippen molar-refractivity contribution in [3.63, 3.8) is 0 Å². The number of thioether (sulfide) groups is 1. The summed E-state index contributed by atoms with van der Waals surface area (Å²) in [4.78, 5) is 6.24. The molecule has 1 aliphatic rings. The summed E-state index contributed by atoms with van der Waals surface area (Å²) in [5, 5.41) is 15.4. The van der Waals surface area contributed by atoms with Gasteiger partial charge in [0.2, 0.25) is 0 Å². The highest BCUT2D eigenvalue weighted by atomic mass is 35.5. The van der Waals surface area contributed by atoms with Crippen LogP contribution in [0.1, 0.15) is 61.1 Å². The third kappa shape index (κ3) is 5.78. The van der Waals surface area contributed by atoms with Crippen LogP contribution in [-0.4, -0.2) is 11.6 Å². The first kappa shape index (κ1) is 26.4. The largest absolute Gasteiger partial charge is 0.494 e. The van der Waals surface area contributed by atoms with Crippen LogP contribution in [0.25, 0.3) is 10.2 Å². The minimum absolute atomic E-state index is 0.116. The van der Waals surface area contributed by atoms with Gasteiger partial charge >= 0.3 is 0 Å². The summed E-state index contributed by atoms with van der Waals surface area (Å²) in [6.45, 7) is 9.59. The molecule has 1 aliphatic carbocycles. The second-order valence-electron chi connectivity index (χ2n) is 10.4. The minimum atomic E-state index is -0.116. The fourth-order valence-corrected chi connectivity index (χ4v) is 8.58. The number of aromatic nitrogens is 1. The Kier molecular flexibility index (Phi) is 7.74. The first-order chi connectivity index (χ1) is 17.7. The lowest BCUT2D eigenvalue weighted by atomic mass is 9.72. The Morgan fingerprint density at radius 1 is 1.22 bits per heavy atom. The van der Waals surface area contributed by atoms with Crippen molar-refractivity contribution in [2.45, 2.75) is 56.7 Å². The van der Waals surface area contributed by atoms with E-state index in [-0.39, 0.29) is 10.8 Å². The Morgan fingerprint density at radius 2 is 2.00 bits per heavy atom. The number of rotatable bonds is 7. The van der Waals surface area contributed by atoms with Gasteiger partial charge in [0.05, 0.1) is 22.4 Å². The van der Waals surface area contributed by atoms with Crippen LogP contribution in [0.15, 0.2) is 46.8 Å². The number of thiazole rings is 1. The van der Waals surface area contributed by atoms with Gasteiger partial charge in [0.15, 0.2) is 4.34 Å². The highest BCUT2D eigenvalue weighted by Crippen LogP contribution is 2.47. The summed E-state index contributed by atoms with van der Waals surface area (Å²) in [6.07, 6.45) is 3.14. The van der Waals surface area contributed by atoms with E-state index in [4.69, 9.17) is 21.3 Å². The molecule has 0 saturated heterocycles. The maximum Gasteiger partial charge on any atom is 0.153 e. The summed E-state index contributed by atoms with van der Waals surface area (Å²) in [5.74, 6) is 1.49. The van der Waals surface area contributed by atoms with Gasteiger partial charge in [-0.15, -0.1) is 22.7 Å². The second kappa shape index (κ2) is 10.9. The SMILES string of the molecule is CCOc1ccc2nc(S[C@H](Nc3sc4c(c3C#N)CC[C@H](C(C)(C)C)C4)c3ccc(Cl)cc3)sc2c1. The van der Waals surface area contributed by atoms with Gasteiger partial charge in [0.1, 0.15) is 22.2 Å². The smallest absolute Gasteiger partial charge is 0.153 e. The van der Waals surface area contributed by atoms with Gasteiger partial charge in [-0.2, -0.15) is 5.26 Å². The maximum absolute atomic E-state index is 10.1. The summed E-state index contributed by atoms with van der Waals surface area (Å²) in [6, 6.07) is 16.5. The van der Waals surface area contributed by atoms with E-state index in [9.17, 15) is 5.26 Å². The third-order valence-corrected chi connectivity index (χ3v) is 10.6. The van der Waals surface area contributed by atoms with Crippen LogP contribution in [0.5, 0.6) is 5.75 Å². The Bertz CT molecular complexity index is 1450. The molecule has 2 aromatic carbocycles. The standard InChI is InChI=1S/C29H30ClN3OS3/c1-5-34-20-11-13-23-25(15-20)36-28(32-23)37-26(17-6-9-19(30)10-7-17)33-27-22(16-31)21-12-8-18(29(2,3)4)14-24(21)35-27/h6-7,9-11,13,15,18,26,33H,5,8,12,14H2,1-4H3/t18-,26-/m0/s1. The highest BCUT2D eigenvalue weighted by molar-refractivity contribution is 8.01. The Balaban J connectivity index is 1.47. The zero-order valence-corrected chi connectivity index (χ0v) is 24.6. The van der Waals surface area contributed by atoms with Gasteiger partial charge < -0.3 is 10.1 Å². The van der Waals surface area contributed by atoms with Crippen LogP contribution >= 0.6 is 46.0 Å². The molecule has 5 rings (SSSR count). The number of hydrogen-bond acceptors (Lipinski definition) is 7. The number of fused-ring (bicyclic) bond motifs is 2. The van der Waals surface area contributed by atoms with Crippen molar-refractivity contribution in [2.24, 2.45) is 11.3 Å². The van der Waals surface area contributed by atoms with E-state index < -0.39 is 0 Å². The molecule has 37 heavy (non-hydrogen) atoms. The summed E-state index contributed by atoms with van der Waals surface area (Å²) in [5.41, 5.74) is 4.35. The summed E-state index contributed by atoms with van der Waals surface area (Å²) >= 11 is 11.3. The molecule has 2 atom stereocenters. The van der Waals surface area contributed by atoms with Crippen molar-refractivity contribution in [1.29, 1.82) is 5.26 Å². The number of nitrogens with zero attached hydrogens (tertiary/aromatic N) is 2. The Morgan fingerprint density at radius 3 is 2.70 bits per heavy atom. The van der Waals surface area contributed by atoms with E-state index in [1.165, 1.54) is 10.4 Å². The van der Waals surface area contributed by atoms with E-state index in [2.05, 4.69) is 38.2 Å². The molecule has 0 spiro atoms. The maximum atomic E-state index is 10.1. The molecular formula is C29H30ClN3OS3.